The number of rotatable bonds is 4. The van der Waals surface area contributed by atoms with E-state index in [9.17, 15) is 8.42 Å². The van der Waals surface area contributed by atoms with Gasteiger partial charge in [0, 0.05) is 24.5 Å². The molecule has 3 rings (SSSR count). The smallest absolute Gasteiger partial charge is 0.265 e. The number of aromatic amines is 1. The van der Waals surface area contributed by atoms with E-state index in [0.29, 0.717) is 23.0 Å². The molecule has 6 nitrogen and oxygen atoms in total. The van der Waals surface area contributed by atoms with Crippen LogP contribution in [0, 0.1) is 19.8 Å². The molecule has 1 unspecified atom stereocenters. The molecule has 2 heterocycles. The van der Waals surface area contributed by atoms with Crippen LogP contribution in [0.25, 0.3) is 0 Å². The zero-order chi connectivity index (χ0) is 17.3. The minimum atomic E-state index is -3.64. The van der Waals surface area contributed by atoms with Gasteiger partial charge in [-0.05, 0) is 56.9 Å². The summed E-state index contributed by atoms with van der Waals surface area (Å²) in [5.74, 6) is 0.698. The third-order valence-electron chi connectivity index (χ3n) is 4.47. The summed E-state index contributed by atoms with van der Waals surface area (Å²) < 4.78 is 27.7. The van der Waals surface area contributed by atoms with E-state index in [1.165, 1.54) is 12.8 Å². The van der Waals surface area contributed by atoms with Gasteiger partial charge in [0.05, 0.1) is 11.4 Å². The number of hydrogen-bond acceptors (Lipinski definition) is 4. The maximum atomic E-state index is 12.6. The van der Waals surface area contributed by atoms with Crippen LogP contribution in [0.2, 0.25) is 0 Å². The van der Waals surface area contributed by atoms with Crippen LogP contribution in [0.4, 0.5) is 11.4 Å². The summed E-state index contributed by atoms with van der Waals surface area (Å²) >= 11 is 0. The maximum Gasteiger partial charge on any atom is 0.265 e. The van der Waals surface area contributed by atoms with Crippen molar-refractivity contribution in [3.8, 4) is 0 Å². The van der Waals surface area contributed by atoms with Gasteiger partial charge in [0.1, 0.15) is 4.90 Å². The molecule has 7 heteroatoms. The number of H-pyrrole nitrogens is 1. The van der Waals surface area contributed by atoms with Crippen LogP contribution in [0.1, 0.15) is 31.2 Å². The van der Waals surface area contributed by atoms with Crippen LogP contribution in [-0.4, -0.2) is 31.7 Å². The van der Waals surface area contributed by atoms with Crippen molar-refractivity contribution in [2.45, 2.75) is 38.5 Å². The summed E-state index contributed by atoms with van der Waals surface area (Å²) in [6.45, 7) is 7.76. The molecule has 0 radical (unpaired) electrons. The number of nitrogens with zero attached hydrogens (tertiary/aromatic N) is 2. The second kappa shape index (κ2) is 6.47. The minimum absolute atomic E-state index is 0.219. The summed E-state index contributed by atoms with van der Waals surface area (Å²) in [6, 6.07) is 7.59. The summed E-state index contributed by atoms with van der Waals surface area (Å²) in [5.41, 5.74) is 2.71. The standard InChI is InChI=1S/C17H24N4O2S/c1-12-5-4-10-21(11-12)16-8-6-15(7-9-16)20-24(22,23)17-13(2)18-19-14(17)3/h6-9,12,20H,4-5,10-11H2,1-3H3,(H,18,19). The Hall–Kier alpha value is -2.02. The van der Waals surface area contributed by atoms with E-state index in [1.807, 2.05) is 24.3 Å². The number of nitrogens with one attached hydrogen (secondary N) is 2. The number of anilines is 2. The van der Waals surface area contributed by atoms with Crippen molar-refractivity contribution in [1.82, 2.24) is 10.2 Å². The molecular formula is C17H24N4O2S. The van der Waals surface area contributed by atoms with Gasteiger partial charge in [-0.25, -0.2) is 8.42 Å². The average Bonchev–Trinajstić information content (AvgIpc) is 2.87. The van der Waals surface area contributed by atoms with Crippen LogP contribution < -0.4 is 9.62 Å². The second-order valence-corrected chi connectivity index (χ2v) is 8.23. The molecule has 1 fully saturated rings. The highest BCUT2D eigenvalue weighted by atomic mass is 32.2. The fourth-order valence-electron chi connectivity index (χ4n) is 3.31. The van der Waals surface area contributed by atoms with Crippen molar-refractivity contribution >= 4 is 21.4 Å². The monoisotopic (exact) mass is 348 g/mol. The molecule has 1 aliphatic heterocycles. The summed E-state index contributed by atoms with van der Waals surface area (Å²) in [4.78, 5) is 2.58. The van der Waals surface area contributed by atoms with Gasteiger partial charge in [0.25, 0.3) is 10.0 Å². The van der Waals surface area contributed by atoms with Gasteiger partial charge in [0.15, 0.2) is 0 Å². The first-order valence-corrected chi connectivity index (χ1v) is 9.74. The first-order valence-electron chi connectivity index (χ1n) is 8.26. The Morgan fingerprint density at radius 2 is 1.96 bits per heavy atom. The van der Waals surface area contributed by atoms with Gasteiger partial charge in [-0.15, -0.1) is 0 Å². The Morgan fingerprint density at radius 1 is 1.25 bits per heavy atom. The van der Waals surface area contributed by atoms with E-state index in [4.69, 9.17) is 0 Å². The Labute approximate surface area is 143 Å². The molecule has 1 aliphatic rings. The van der Waals surface area contributed by atoms with Crippen LogP contribution in [0.15, 0.2) is 29.2 Å². The van der Waals surface area contributed by atoms with E-state index in [-0.39, 0.29) is 4.90 Å². The molecule has 1 aromatic carbocycles. The lowest BCUT2D eigenvalue weighted by Crippen LogP contribution is -2.34. The predicted molar refractivity (Wildman–Crippen MR) is 95.9 cm³/mol. The van der Waals surface area contributed by atoms with Crippen molar-refractivity contribution in [3.63, 3.8) is 0 Å². The van der Waals surface area contributed by atoms with Crippen molar-refractivity contribution in [3.05, 3.63) is 35.7 Å². The number of aromatic nitrogens is 2. The Bertz CT molecular complexity index is 792. The summed E-state index contributed by atoms with van der Waals surface area (Å²) in [7, 11) is -3.64. The molecular weight excluding hydrogens is 324 g/mol. The number of aryl methyl sites for hydroxylation is 2. The van der Waals surface area contributed by atoms with Crippen molar-refractivity contribution in [2.24, 2.45) is 5.92 Å². The van der Waals surface area contributed by atoms with E-state index in [1.54, 1.807) is 13.8 Å². The number of sulfonamides is 1. The van der Waals surface area contributed by atoms with E-state index < -0.39 is 10.0 Å². The molecule has 0 aliphatic carbocycles. The largest absolute Gasteiger partial charge is 0.371 e. The Morgan fingerprint density at radius 3 is 2.54 bits per heavy atom. The van der Waals surface area contributed by atoms with Gasteiger partial charge in [-0.3, -0.25) is 9.82 Å². The molecule has 0 spiro atoms. The highest BCUT2D eigenvalue weighted by Gasteiger charge is 2.22. The predicted octanol–water partition coefficient (Wildman–Crippen LogP) is 3.06. The topological polar surface area (TPSA) is 78.1 Å². The third kappa shape index (κ3) is 3.40. The Balaban J connectivity index is 1.77. The van der Waals surface area contributed by atoms with Gasteiger partial charge in [-0.2, -0.15) is 5.10 Å². The zero-order valence-electron chi connectivity index (χ0n) is 14.3. The molecule has 1 saturated heterocycles. The highest BCUT2D eigenvalue weighted by molar-refractivity contribution is 7.92. The molecule has 130 valence electrons. The lowest BCUT2D eigenvalue weighted by atomic mass is 10.00. The Kier molecular flexibility index (Phi) is 4.54. The zero-order valence-corrected chi connectivity index (χ0v) is 15.2. The van der Waals surface area contributed by atoms with Gasteiger partial charge < -0.3 is 4.90 Å². The van der Waals surface area contributed by atoms with Crippen molar-refractivity contribution in [2.75, 3.05) is 22.7 Å². The molecule has 2 N–H and O–H groups in total. The van der Waals surface area contributed by atoms with Crippen molar-refractivity contribution < 1.29 is 8.42 Å². The van der Waals surface area contributed by atoms with E-state index in [0.717, 1.165) is 18.8 Å². The normalized spacial score (nSPS) is 18.6. The first kappa shape index (κ1) is 16.8. The van der Waals surface area contributed by atoms with Crippen LogP contribution in [0.3, 0.4) is 0 Å². The SMILES string of the molecule is Cc1n[nH]c(C)c1S(=O)(=O)Nc1ccc(N2CCCC(C)C2)cc1. The fraction of sp³-hybridized carbons (Fsp3) is 0.471. The second-order valence-electron chi connectivity index (χ2n) is 6.61. The van der Waals surface area contributed by atoms with Crippen LogP contribution in [0.5, 0.6) is 0 Å². The van der Waals surface area contributed by atoms with E-state index in [2.05, 4.69) is 26.7 Å². The summed E-state index contributed by atoms with van der Waals surface area (Å²) in [6.07, 6.45) is 2.48. The average molecular weight is 348 g/mol. The molecule has 2 aromatic rings. The number of benzene rings is 1. The fourth-order valence-corrected chi connectivity index (χ4v) is 4.74. The van der Waals surface area contributed by atoms with Crippen molar-refractivity contribution in [1.29, 1.82) is 0 Å². The lowest BCUT2D eigenvalue weighted by Gasteiger charge is -2.32. The molecule has 24 heavy (non-hydrogen) atoms. The lowest BCUT2D eigenvalue weighted by molar-refractivity contribution is 0.447. The number of hydrogen-bond donors (Lipinski definition) is 2. The molecule has 0 amide bonds. The van der Waals surface area contributed by atoms with Crippen LogP contribution in [-0.2, 0) is 10.0 Å². The quantitative estimate of drug-likeness (QED) is 0.890. The first-order chi connectivity index (χ1) is 11.4. The molecule has 0 bridgehead atoms. The maximum absolute atomic E-state index is 12.6. The van der Waals surface area contributed by atoms with E-state index >= 15 is 0 Å². The third-order valence-corrected chi connectivity index (χ3v) is 6.11. The number of piperidine rings is 1. The molecule has 1 aromatic heterocycles. The minimum Gasteiger partial charge on any atom is -0.371 e. The van der Waals surface area contributed by atoms with Crippen LogP contribution >= 0.6 is 0 Å². The van der Waals surface area contributed by atoms with Gasteiger partial charge in [-0.1, -0.05) is 6.92 Å². The van der Waals surface area contributed by atoms with Gasteiger partial charge >= 0.3 is 0 Å². The summed E-state index contributed by atoms with van der Waals surface area (Å²) in [5, 5.41) is 6.66. The molecule has 0 saturated carbocycles. The van der Waals surface area contributed by atoms with Gasteiger partial charge in [0.2, 0.25) is 0 Å². The molecule has 1 atom stereocenters. The highest BCUT2D eigenvalue weighted by Crippen LogP contribution is 2.26.